The lowest BCUT2D eigenvalue weighted by Crippen LogP contribution is -2.09. The van der Waals surface area contributed by atoms with Crippen LogP contribution in [0.1, 0.15) is 25.2 Å². The zero-order chi connectivity index (χ0) is 19.5. The Morgan fingerprint density at radius 1 is 1.18 bits per heavy atom. The van der Waals surface area contributed by atoms with Gasteiger partial charge in [0, 0.05) is 29.9 Å². The molecule has 0 radical (unpaired) electrons. The number of imidazole rings is 1. The molecule has 2 N–H and O–H groups in total. The fourth-order valence-electron chi connectivity index (χ4n) is 3.22. The third-order valence-electron chi connectivity index (χ3n) is 4.39. The van der Waals surface area contributed by atoms with E-state index < -0.39 is 0 Å². The summed E-state index contributed by atoms with van der Waals surface area (Å²) in [5.41, 5.74) is 9.63. The predicted molar refractivity (Wildman–Crippen MR) is 111 cm³/mol. The summed E-state index contributed by atoms with van der Waals surface area (Å²) < 4.78 is 2.17. The van der Waals surface area contributed by atoms with Crippen LogP contribution in [0, 0.1) is 5.92 Å². The van der Waals surface area contributed by atoms with E-state index in [2.05, 4.69) is 33.5 Å². The summed E-state index contributed by atoms with van der Waals surface area (Å²) in [4.78, 5) is 18.8. The number of nitrogen functional groups attached to an aromatic ring is 1. The molecule has 0 saturated carbocycles. The molecule has 0 aliphatic rings. The Balaban J connectivity index is 1.72. The zero-order valence-electron chi connectivity index (χ0n) is 15.9. The molecule has 0 spiro atoms. The zero-order valence-corrected chi connectivity index (χ0v) is 15.9. The maximum Gasteiger partial charge on any atom is 0.174 e. The maximum atomic E-state index is 6.20. The summed E-state index contributed by atoms with van der Waals surface area (Å²) in [5.74, 6) is 1.64. The van der Waals surface area contributed by atoms with Gasteiger partial charge in [-0.15, -0.1) is 0 Å². The number of para-hydroxylation sites is 1. The first-order valence-electron chi connectivity index (χ1n) is 9.22. The van der Waals surface area contributed by atoms with Crippen LogP contribution in [0.25, 0.3) is 21.9 Å². The average molecular weight is 374 g/mol. The third-order valence-corrected chi connectivity index (χ3v) is 4.39. The molecule has 0 aliphatic carbocycles. The van der Waals surface area contributed by atoms with E-state index in [0.717, 1.165) is 34.4 Å². The number of aromatic nitrogens is 4. The fraction of sp³-hybridized carbons (Fsp3) is 0.238. The van der Waals surface area contributed by atoms with Crippen LogP contribution in [0.5, 0.6) is 0 Å². The Kier molecular flexibility index (Phi) is 4.89. The largest absolute Gasteiger partial charge is 0.388 e. The Bertz CT molecular complexity index is 1130. The van der Waals surface area contributed by atoms with Crippen molar-refractivity contribution in [2.75, 3.05) is 5.73 Å². The lowest BCUT2D eigenvalue weighted by atomic mass is 10.1. The number of nitrogens with two attached hydrogens (primary N) is 1. The number of nitrogens with zero attached hydrogens (tertiary/aromatic N) is 5. The predicted octanol–water partition coefficient (Wildman–Crippen LogP) is 3.77. The molecule has 0 amide bonds. The molecule has 142 valence electrons. The molecule has 4 rings (SSSR count). The van der Waals surface area contributed by atoms with Crippen molar-refractivity contribution in [3.8, 4) is 0 Å². The first kappa shape index (κ1) is 17.9. The van der Waals surface area contributed by atoms with Gasteiger partial charge in [0.25, 0.3) is 0 Å². The SMILES string of the molecule is CC(C)Cn1c(CON=Cc2cccnc2)nc2c(N)nc3ccccc3c21. The van der Waals surface area contributed by atoms with Crippen molar-refractivity contribution in [3.63, 3.8) is 0 Å². The van der Waals surface area contributed by atoms with E-state index in [-0.39, 0.29) is 6.61 Å². The maximum absolute atomic E-state index is 6.20. The highest BCUT2D eigenvalue weighted by atomic mass is 16.6. The van der Waals surface area contributed by atoms with Crippen molar-refractivity contribution in [1.29, 1.82) is 0 Å². The molecule has 4 aromatic rings. The van der Waals surface area contributed by atoms with E-state index in [0.29, 0.717) is 17.3 Å². The molecule has 0 fully saturated rings. The van der Waals surface area contributed by atoms with Crippen molar-refractivity contribution >= 4 is 34.0 Å². The fourth-order valence-corrected chi connectivity index (χ4v) is 3.22. The second-order valence-electron chi connectivity index (χ2n) is 7.04. The highest BCUT2D eigenvalue weighted by Gasteiger charge is 2.18. The van der Waals surface area contributed by atoms with Crippen LogP contribution in [0.2, 0.25) is 0 Å². The highest BCUT2D eigenvalue weighted by molar-refractivity contribution is 6.06. The molecule has 1 aromatic carbocycles. The first-order valence-corrected chi connectivity index (χ1v) is 9.22. The summed E-state index contributed by atoms with van der Waals surface area (Å²) in [5, 5.41) is 5.08. The monoisotopic (exact) mass is 374 g/mol. The molecule has 0 unspecified atom stereocenters. The van der Waals surface area contributed by atoms with Gasteiger partial charge in [-0.3, -0.25) is 4.98 Å². The molecule has 0 aliphatic heterocycles. The van der Waals surface area contributed by atoms with E-state index in [1.54, 1.807) is 18.6 Å². The molecule has 0 bridgehead atoms. The summed E-state index contributed by atoms with van der Waals surface area (Å²) in [6, 6.07) is 11.7. The van der Waals surface area contributed by atoms with Crippen molar-refractivity contribution in [1.82, 2.24) is 19.5 Å². The van der Waals surface area contributed by atoms with E-state index in [1.807, 2.05) is 36.4 Å². The van der Waals surface area contributed by atoms with E-state index in [4.69, 9.17) is 15.6 Å². The Morgan fingerprint density at radius 2 is 2.04 bits per heavy atom. The van der Waals surface area contributed by atoms with Gasteiger partial charge in [0.2, 0.25) is 0 Å². The molecule has 3 aromatic heterocycles. The second kappa shape index (κ2) is 7.64. The Labute approximate surface area is 162 Å². The Hall–Kier alpha value is -3.48. The smallest absolute Gasteiger partial charge is 0.174 e. The quantitative estimate of drug-likeness (QED) is 0.410. The lowest BCUT2D eigenvalue weighted by Gasteiger charge is -2.12. The van der Waals surface area contributed by atoms with E-state index in [1.165, 1.54) is 0 Å². The number of benzene rings is 1. The van der Waals surface area contributed by atoms with Gasteiger partial charge in [0.15, 0.2) is 18.2 Å². The molecule has 28 heavy (non-hydrogen) atoms. The van der Waals surface area contributed by atoms with Gasteiger partial charge in [-0.05, 0) is 18.1 Å². The summed E-state index contributed by atoms with van der Waals surface area (Å²) in [6.45, 7) is 5.38. The van der Waals surface area contributed by atoms with Gasteiger partial charge in [0.05, 0.1) is 17.2 Å². The van der Waals surface area contributed by atoms with E-state index >= 15 is 0 Å². The van der Waals surface area contributed by atoms with Gasteiger partial charge < -0.3 is 15.1 Å². The lowest BCUT2D eigenvalue weighted by molar-refractivity contribution is 0.123. The van der Waals surface area contributed by atoms with Crippen LogP contribution in [-0.4, -0.2) is 25.7 Å². The summed E-state index contributed by atoms with van der Waals surface area (Å²) >= 11 is 0. The van der Waals surface area contributed by atoms with Crippen molar-refractivity contribution < 1.29 is 4.84 Å². The van der Waals surface area contributed by atoms with Crippen molar-refractivity contribution in [2.24, 2.45) is 11.1 Å². The minimum atomic E-state index is 0.242. The first-order chi connectivity index (χ1) is 13.6. The molecule has 3 heterocycles. The molecule has 7 heteroatoms. The topological polar surface area (TPSA) is 91.2 Å². The molecular weight excluding hydrogens is 352 g/mol. The molecule has 7 nitrogen and oxygen atoms in total. The number of rotatable bonds is 6. The minimum Gasteiger partial charge on any atom is -0.388 e. The number of anilines is 1. The third kappa shape index (κ3) is 3.51. The number of oxime groups is 1. The summed E-state index contributed by atoms with van der Waals surface area (Å²) in [6.07, 6.45) is 5.07. The van der Waals surface area contributed by atoms with Crippen LogP contribution >= 0.6 is 0 Å². The standard InChI is InChI=1S/C21H22N6O/c1-14(2)12-27-18(13-28-24-11-15-6-5-9-23-10-15)26-19-20(27)16-7-3-4-8-17(16)25-21(19)22/h3-11,14H,12-13H2,1-2H3,(H2,22,25). The van der Waals surface area contributed by atoms with Crippen molar-refractivity contribution in [2.45, 2.75) is 27.0 Å². The van der Waals surface area contributed by atoms with Crippen LogP contribution in [0.4, 0.5) is 5.82 Å². The van der Waals surface area contributed by atoms with Gasteiger partial charge >= 0.3 is 0 Å². The molecule has 0 atom stereocenters. The van der Waals surface area contributed by atoms with Gasteiger partial charge in [0.1, 0.15) is 5.52 Å². The van der Waals surface area contributed by atoms with Gasteiger partial charge in [-0.25, -0.2) is 9.97 Å². The normalized spacial score (nSPS) is 11.8. The summed E-state index contributed by atoms with van der Waals surface area (Å²) in [7, 11) is 0. The van der Waals surface area contributed by atoms with E-state index in [9.17, 15) is 0 Å². The molecular formula is C21H22N6O. The number of hydrogen-bond donors (Lipinski definition) is 1. The van der Waals surface area contributed by atoms with Crippen LogP contribution in [0.15, 0.2) is 53.9 Å². The minimum absolute atomic E-state index is 0.242. The van der Waals surface area contributed by atoms with Crippen LogP contribution < -0.4 is 5.73 Å². The molecule has 0 saturated heterocycles. The Morgan fingerprint density at radius 3 is 2.82 bits per heavy atom. The van der Waals surface area contributed by atoms with Crippen molar-refractivity contribution in [3.05, 3.63) is 60.2 Å². The van der Waals surface area contributed by atoms with Crippen LogP contribution in [-0.2, 0) is 18.0 Å². The second-order valence-corrected chi connectivity index (χ2v) is 7.04. The average Bonchev–Trinajstić information content (AvgIpc) is 3.05. The number of hydrogen-bond acceptors (Lipinski definition) is 6. The van der Waals surface area contributed by atoms with Gasteiger partial charge in [-0.2, -0.15) is 0 Å². The highest BCUT2D eigenvalue weighted by Crippen LogP contribution is 2.29. The number of fused-ring (bicyclic) bond motifs is 3. The number of pyridine rings is 2. The van der Waals surface area contributed by atoms with Crippen LogP contribution in [0.3, 0.4) is 0 Å². The van der Waals surface area contributed by atoms with Gasteiger partial charge in [-0.1, -0.05) is 43.3 Å².